The molecule has 1 fully saturated rings. The predicted octanol–water partition coefficient (Wildman–Crippen LogP) is 3.16. The molecule has 2 aromatic rings. The predicted molar refractivity (Wildman–Crippen MR) is 84.2 cm³/mol. The van der Waals surface area contributed by atoms with Crippen LogP contribution in [0.5, 0.6) is 11.9 Å². The standard InChI is InChI=1S/C14H16N4O2.C2H6/c1-8-10(9-4-5-9)6-12(18-17-8)11-7-15-14(20-3)16-13(11)19-2;1-2/h6-7,9H,4-5H2,1-3H3;1-2H3. The van der Waals surface area contributed by atoms with Gasteiger partial charge in [0.1, 0.15) is 5.69 Å². The number of nitrogens with zero attached hydrogens (tertiary/aromatic N) is 4. The Morgan fingerprint density at radius 3 is 2.41 bits per heavy atom. The van der Waals surface area contributed by atoms with Gasteiger partial charge in [0.15, 0.2) is 0 Å². The van der Waals surface area contributed by atoms with Crippen molar-refractivity contribution >= 4 is 0 Å². The summed E-state index contributed by atoms with van der Waals surface area (Å²) in [6, 6.07) is 2.33. The number of hydrogen-bond donors (Lipinski definition) is 0. The first-order valence-electron chi connectivity index (χ1n) is 7.52. The lowest BCUT2D eigenvalue weighted by atomic mass is 10.1. The highest BCUT2D eigenvalue weighted by Crippen LogP contribution is 2.42. The Labute approximate surface area is 130 Å². The fourth-order valence-corrected chi connectivity index (χ4v) is 2.19. The summed E-state index contributed by atoms with van der Waals surface area (Å²) in [6.07, 6.45) is 4.10. The van der Waals surface area contributed by atoms with Gasteiger partial charge in [-0.3, -0.25) is 0 Å². The van der Waals surface area contributed by atoms with Crippen LogP contribution in [0.1, 0.15) is 43.9 Å². The first-order valence-corrected chi connectivity index (χ1v) is 7.52. The van der Waals surface area contributed by atoms with Gasteiger partial charge in [0.25, 0.3) is 0 Å². The van der Waals surface area contributed by atoms with Gasteiger partial charge in [0.05, 0.1) is 25.5 Å². The van der Waals surface area contributed by atoms with Crippen LogP contribution in [-0.4, -0.2) is 34.4 Å². The lowest BCUT2D eigenvalue weighted by molar-refractivity contribution is 0.353. The van der Waals surface area contributed by atoms with Gasteiger partial charge in [-0.15, -0.1) is 5.10 Å². The van der Waals surface area contributed by atoms with Crippen molar-refractivity contribution in [2.75, 3.05) is 14.2 Å². The third kappa shape index (κ3) is 3.32. The van der Waals surface area contributed by atoms with E-state index in [1.54, 1.807) is 13.3 Å². The molecule has 0 bridgehead atoms. The van der Waals surface area contributed by atoms with E-state index in [0.717, 1.165) is 17.0 Å². The highest BCUT2D eigenvalue weighted by molar-refractivity contribution is 5.64. The summed E-state index contributed by atoms with van der Waals surface area (Å²) >= 11 is 0. The average Bonchev–Trinajstić information content (AvgIpc) is 3.41. The van der Waals surface area contributed by atoms with Crippen molar-refractivity contribution in [1.82, 2.24) is 20.2 Å². The minimum Gasteiger partial charge on any atom is -0.480 e. The molecule has 0 N–H and O–H groups in total. The number of rotatable bonds is 4. The molecule has 2 aromatic heterocycles. The molecule has 6 nitrogen and oxygen atoms in total. The summed E-state index contributed by atoms with van der Waals surface area (Å²) in [4.78, 5) is 8.29. The molecule has 22 heavy (non-hydrogen) atoms. The lowest BCUT2D eigenvalue weighted by Crippen LogP contribution is -2.01. The van der Waals surface area contributed by atoms with Gasteiger partial charge in [-0.1, -0.05) is 13.8 Å². The Kier molecular flexibility index (Phi) is 5.25. The first-order chi connectivity index (χ1) is 10.7. The van der Waals surface area contributed by atoms with Gasteiger partial charge in [0, 0.05) is 6.20 Å². The molecule has 0 saturated heterocycles. The first kappa shape index (κ1) is 16.1. The highest BCUT2D eigenvalue weighted by atomic mass is 16.5. The summed E-state index contributed by atoms with van der Waals surface area (Å²) in [5.41, 5.74) is 3.71. The molecule has 6 heteroatoms. The minimum absolute atomic E-state index is 0.271. The Morgan fingerprint density at radius 1 is 1.09 bits per heavy atom. The molecular formula is C16H22N4O2. The Morgan fingerprint density at radius 2 is 1.82 bits per heavy atom. The Balaban J connectivity index is 0.000000847. The summed E-state index contributed by atoms with van der Waals surface area (Å²) < 4.78 is 10.3. The third-order valence-electron chi connectivity index (χ3n) is 3.42. The maximum atomic E-state index is 5.29. The van der Waals surface area contributed by atoms with Crippen LogP contribution in [0, 0.1) is 6.92 Å². The molecule has 1 aliphatic carbocycles. The maximum Gasteiger partial charge on any atom is 0.319 e. The van der Waals surface area contributed by atoms with Gasteiger partial charge in [-0.05, 0) is 37.3 Å². The molecule has 118 valence electrons. The van der Waals surface area contributed by atoms with Crippen molar-refractivity contribution in [3.63, 3.8) is 0 Å². The molecule has 0 unspecified atom stereocenters. The second-order valence-corrected chi connectivity index (χ2v) is 4.82. The lowest BCUT2D eigenvalue weighted by Gasteiger charge is -2.09. The molecule has 1 saturated carbocycles. The van der Waals surface area contributed by atoms with Gasteiger partial charge < -0.3 is 9.47 Å². The number of ether oxygens (including phenoxy) is 2. The van der Waals surface area contributed by atoms with Crippen molar-refractivity contribution in [2.24, 2.45) is 0 Å². The number of methoxy groups -OCH3 is 2. The van der Waals surface area contributed by atoms with E-state index in [0.29, 0.717) is 11.8 Å². The molecule has 0 amide bonds. The molecule has 3 rings (SSSR count). The van der Waals surface area contributed by atoms with E-state index in [2.05, 4.69) is 26.2 Å². The summed E-state index contributed by atoms with van der Waals surface area (Å²) in [5, 5.41) is 8.47. The van der Waals surface area contributed by atoms with Gasteiger partial charge in [-0.2, -0.15) is 10.1 Å². The van der Waals surface area contributed by atoms with E-state index in [4.69, 9.17) is 9.47 Å². The SMILES string of the molecule is CC.COc1ncc(-c2cc(C3CC3)c(C)nn2)c(OC)n1. The monoisotopic (exact) mass is 302 g/mol. The van der Waals surface area contributed by atoms with E-state index in [1.165, 1.54) is 25.5 Å². The van der Waals surface area contributed by atoms with Crippen LogP contribution in [0.25, 0.3) is 11.3 Å². The quantitative estimate of drug-likeness (QED) is 0.864. The highest BCUT2D eigenvalue weighted by Gasteiger charge is 2.27. The van der Waals surface area contributed by atoms with Crippen molar-refractivity contribution in [1.29, 1.82) is 0 Å². The molecule has 1 aliphatic rings. The van der Waals surface area contributed by atoms with Crippen LogP contribution in [0.2, 0.25) is 0 Å². The van der Waals surface area contributed by atoms with Crippen molar-refractivity contribution in [3.05, 3.63) is 23.5 Å². The fourth-order valence-electron chi connectivity index (χ4n) is 2.19. The summed E-state index contributed by atoms with van der Waals surface area (Å²) in [6.45, 7) is 5.99. The largest absolute Gasteiger partial charge is 0.480 e. The normalized spacial score (nSPS) is 13.1. The van der Waals surface area contributed by atoms with Gasteiger partial charge >= 0.3 is 6.01 Å². The van der Waals surface area contributed by atoms with Crippen molar-refractivity contribution in [2.45, 2.75) is 39.5 Å². The molecule has 0 aliphatic heterocycles. The minimum atomic E-state index is 0.271. The topological polar surface area (TPSA) is 70.0 Å². The van der Waals surface area contributed by atoms with Crippen LogP contribution < -0.4 is 9.47 Å². The van der Waals surface area contributed by atoms with Crippen LogP contribution >= 0.6 is 0 Å². The van der Waals surface area contributed by atoms with E-state index in [9.17, 15) is 0 Å². The molecule has 0 aromatic carbocycles. The zero-order chi connectivity index (χ0) is 16.1. The molecule has 0 spiro atoms. The number of aryl methyl sites for hydroxylation is 1. The van der Waals surface area contributed by atoms with Crippen LogP contribution in [-0.2, 0) is 0 Å². The van der Waals surface area contributed by atoms with E-state index in [-0.39, 0.29) is 6.01 Å². The van der Waals surface area contributed by atoms with Crippen molar-refractivity contribution in [3.8, 4) is 23.1 Å². The van der Waals surface area contributed by atoms with Crippen LogP contribution in [0.4, 0.5) is 0 Å². The molecule has 0 radical (unpaired) electrons. The van der Waals surface area contributed by atoms with Crippen LogP contribution in [0.3, 0.4) is 0 Å². The summed E-state index contributed by atoms with van der Waals surface area (Å²) in [7, 11) is 3.08. The number of aromatic nitrogens is 4. The van der Waals surface area contributed by atoms with E-state index < -0.39 is 0 Å². The van der Waals surface area contributed by atoms with Crippen molar-refractivity contribution < 1.29 is 9.47 Å². The maximum absolute atomic E-state index is 5.29. The van der Waals surface area contributed by atoms with Gasteiger partial charge in [-0.25, -0.2) is 4.98 Å². The zero-order valence-corrected chi connectivity index (χ0v) is 13.8. The second-order valence-electron chi connectivity index (χ2n) is 4.82. The molecule has 2 heterocycles. The van der Waals surface area contributed by atoms with Gasteiger partial charge in [0.2, 0.25) is 5.88 Å². The van der Waals surface area contributed by atoms with E-state index in [1.807, 2.05) is 20.8 Å². The second kappa shape index (κ2) is 7.15. The Bertz CT molecular complexity index is 642. The zero-order valence-electron chi connectivity index (χ0n) is 13.8. The van der Waals surface area contributed by atoms with Crippen LogP contribution in [0.15, 0.2) is 12.3 Å². The average molecular weight is 302 g/mol. The Hall–Kier alpha value is -2.24. The fraction of sp³-hybridized carbons (Fsp3) is 0.500. The smallest absolute Gasteiger partial charge is 0.319 e. The molecule has 0 atom stereocenters. The summed E-state index contributed by atoms with van der Waals surface area (Å²) in [5.74, 6) is 1.06. The molecular weight excluding hydrogens is 280 g/mol. The number of hydrogen-bond acceptors (Lipinski definition) is 6. The third-order valence-corrected chi connectivity index (χ3v) is 3.42. The van der Waals surface area contributed by atoms with E-state index >= 15 is 0 Å².